The second-order valence-corrected chi connectivity index (χ2v) is 7.34. The second kappa shape index (κ2) is 9.46. The van der Waals surface area contributed by atoms with Gasteiger partial charge in [0.2, 0.25) is 0 Å². The third kappa shape index (κ3) is 5.89. The summed E-state index contributed by atoms with van der Waals surface area (Å²) in [7, 11) is 2.03. The van der Waals surface area contributed by atoms with Crippen LogP contribution in [0.4, 0.5) is 16.2 Å². The number of nitrogens with one attached hydrogen (secondary N) is 3. The quantitative estimate of drug-likeness (QED) is 0.589. The average molecular weight is 401 g/mol. The summed E-state index contributed by atoms with van der Waals surface area (Å²) in [6, 6.07) is 14.9. The lowest BCUT2D eigenvalue weighted by molar-refractivity contribution is 0.0951. The summed E-state index contributed by atoms with van der Waals surface area (Å²) in [6.45, 7) is 1.38. The Morgan fingerprint density at radius 2 is 1.89 bits per heavy atom. The molecule has 2 aromatic carbocycles. The van der Waals surface area contributed by atoms with Crippen LogP contribution in [0.3, 0.4) is 0 Å². The summed E-state index contributed by atoms with van der Waals surface area (Å²) in [5, 5.41) is 8.85. The highest BCUT2D eigenvalue weighted by molar-refractivity contribution is 6.34. The molecule has 0 radical (unpaired) electrons. The molecule has 0 bridgehead atoms. The summed E-state index contributed by atoms with van der Waals surface area (Å²) in [6.07, 6.45) is 2.82. The van der Waals surface area contributed by atoms with Crippen LogP contribution < -0.4 is 20.9 Å². The Hall–Kier alpha value is -2.73. The van der Waals surface area contributed by atoms with Crippen molar-refractivity contribution in [3.05, 3.63) is 59.1 Å². The molecule has 0 aliphatic heterocycles. The molecule has 6 nitrogen and oxygen atoms in total. The zero-order valence-electron chi connectivity index (χ0n) is 15.9. The maximum atomic E-state index is 12.2. The van der Waals surface area contributed by atoms with Gasteiger partial charge < -0.3 is 20.9 Å². The monoisotopic (exact) mass is 400 g/mol. The third-order valence-corrected chi connectivity index (χ3v) is 4.86. The number of carbonyl (C=O) groups is 2. The standard InChI is InChI=1S/C21H25ClN4O2/c1-26(17-6-3-2-4-7-17)13-5-12-23-21(28)25-16-10-11-19(22)18(14-16)20(27)24-15-8-9-15/h2-4,6-7,10-11,14-15H,5,8-9,12-13H2,1H3,(H,24,27)(H2,23,25,28). The Morgan fingerprint density at radius 3 is 2.61 bits per heavy atom. The van der Waals surface area contributed by atoms with Gasteiger partial charge in [-0.3, -0.25) is 4.79 Å². The fourth-order valence-electron chi connectivity index (χ4n) is 2.77. The molecule has 7 heteroatoms. The number of urea groups is 1. The smallest absolute Gasteiger partial charge is 0.319 e. The van der Waals surface area contributed by atoms with E-state index in [4.69, 9.17) is 11.6 Å². The molecule has 1 aliphatic rings. The molecule has 3 amide bonds. The minimum absolute atomic E-state index is 0.208. The molecule has 1 aliphatic carbocycles. The zero-order chi connectivity index (χ0) is 19.9. The van der Waals surface area contributed by atoms with Crippen molar-refractivity contribution in [2.24, 2.45) is 0 Å². The lowest BCUT2D eigenvalue weighted by Crippen LogP contribution is -2.32. The molecule has 3 N–H and O–H groups in total. The van der Waals surface area contributed by atoms with E-state index in [0.29, 0.717) is 22.8 Å². The number of nitrogens with zero attached hydrogens (tertiary/aromatic N) is 1. The van der Waals surface area contributed by atoms with Gasteiger partial charge in [-0.1, -0.05) is 29.8 Å². The highest BCUT2D eigenvalue weighted by Gasteiger charge is 2.24. The highest BCUT2D eigenvalue weighted by atomic mass is 35.5. The first kappa shape index (κ1) is 20.0. The molecule has 0 spiro atoms. The normalized spacial score (nSPS) is 12.9. The zero-order valence-corrected chi connectivity index (χ0v) is 16.6. The second-order valence-electron chi connectivity index (χ2n) is 6.93. The predicted molar refractivity (Wildman–Crippen MR) is 113 cm³/mol. The predicted octanol–water partition coefficient (Wildman–Crippen LogP) is 3.88. The molecular weight excluding hydrogens is 376 g/mol. The number of carbonyl (C=O) groups excluding carboxylic acids is 2. The minimum Gasteiger partial charge on any atom is -0.375 e. The van der Waals surface area contributed by atoms with Crippen LogP contribution in [0, 0.1) is 0 Å². The summed E-state index contributed by atoms with van der Waals surface area (Å²) in [5.41, 5.74) is 2.05. The van der Waals surface area contributed by atoms with E-state index in [1.54, 1.807) is 18.2 Å². The highest BCUT2D eigenvalue weighted by Crippen LogP contribution is 2.24. The van der Waals surface area contributed by atoms with Crippen LogP contribution in [0.25, 0.3) is 0 Å². The van der Waals surface area contributed by atoms with Crippen molar-refractivity contribution in [1.29, 1.82) is 0 Å². The third-order valence-electron chi connectivity index (χ3n) is 4.53. The molecule has 3 rings (SSSR count). The SMILES string of the molecule is CN(CCCNC(=O)Nc1ccc(Cl)c(C(=O)NC2CC2)c1)c1ccccc1. The van der Waals surface area contributed by atoms with E-state index in [1.165, 1.54) is 0 Å². The van der Waals surface area contributed by atoms with Crippen LogP contribution in [0.15, 0.2) is 48.5 Å². The number of hydrogen-bond acceptors (Lipinski definition) is 3. The van der Waals surface area contributed by atoms with Crippen molar-refractivity contribution < 1.29 is 9.59 Å². The Balaban J connectivity index is 1.43. The van der Waals surface area contributed by atoms with Crippen LogP contribution in [0.2, 0.25) is 5.02 Å². The van der Waals surface area contributed by atoms with E-state index < -0.39 is 0 Å². The average Bonchev–Trinajstić information content (AvgIpc) is 3.51. The lowest BCUT2D eigenvalue weighted by atomic mass is 10.2. The van der Waals surface area contributed by atoms with Crippen LogP contribution in [-0.4, -0.2) is 38.1 Å². The van der Waals surface area contributed by atoms with E-state index in [-0.39, 0.29) is 18.0 Å². The summed E-state index contributed by atoms with van der Waals surface area (Å²) in [5.74, 6) is -0.208. The largest absolute Gasteiger partial charge is 0.375 e. The van der Waals surface area contributed by atoms with Crippen molar-refractivity contribution in [2.75, 3.05) is 30.4 Å². The maximum absolute atomic E-state index is 12.2. The van der Waals surface area contributed by atoms with Gasteiger partial charge in [0.15, 0.2) is 0 Å². The van der Waals surface area contributed by atoms with E-state index in [1.807, 2.05) is 25.2 Å². The Kier molecular flexibility index (Phi) is 6.76. The van der Waals surface area contributed by atoms with Crippen LogP contribution in [0.1, 0.15) is 29.6 Å². The van der Waals surface area contributed by atoms with Gasteiger partial charge in [0.05, 0.1) is 10.6 Å². The molecule has 0 aromatic heterocycles. The van der Waals surface area contributed by atoms with Gasteiger partial charge in [-0.2, -0.15) is 0 Å². The molecule has 0 unspecified atom stereocenters. The van der Waals surface area contributed by atoms with Crippen molar-refractivity contribution in [1.82, 2.24) is 10.6 Å². The Bertz CT molecular complexity index is 824. The first-order valence-corrected chi connectivity index (χ1v) is 9.82. The van der Waals surface area contributed by atoms with Crippen LogP contribution in [0.5, 0.6) is 0 Å². The molecule has 2 aromatic rings. The van der Waals surface area contributed by atoms with Crippen molar-refractivity contribution in [3.63, 3.8) is 0 Å². The van der Waals surface area contributed by atoms with Crippen molar-refractivity contribution in [2.45, 2.75) is 25.3 Å². The molecule has 1 fully saturated rings. The Morgan fingerprint density at radius 1 is 1.14 bits per heavy atom. The first-order chi connectivity index (χ1) is 13.5. The van der Waals surface area contributed by atoms with Crippen molar-refractivity contribution >= 4 is 34.9 Å². The number of rotatable bonds is 8. The summed E-state index contributed by atoms with van der Waals surface area (Å²) in [4.78, 5) is 26.5. The van der Waals surface area contributed by atoms with E-state index >= 15 is 0 Å². The minimum atomic E-state index is -0.307. The topological polar surface area (TPSA) is 73.5 Å². The first-order valence-electron chi connectivity index (χ1n) is 9.44. The fraction of sp³-hybridized carbons (Fsp3) is 0.333. The number of anilines is 2. The number of halogens is 1. The maximum Gasteiger partial charge on any atom is 0.319 e. The van der Waals surface area contributed by atoms with Gasteiger partial charge >= 0.3 is 6.03 Å². The summed E-state index contributed by atoms with van der Waals surface area (Å²) < 4.78 is 0. The van der Waals surface area contributed by atoms with Gasteiger partial charge in [0.25, 0.3) is 5.91 Å². The Labute approximate surface area is 170 Å². The van der Waals surface area contributed by atoms with E-state index in [2.05, 4.69) is 33.0 Å². The molecule has 28 heavy (non-hydrogen) atoms. The van der Waals surface area contributed by atoms with Gasteiger partial charge in [0, 0.05) is 37.6 Å². The molecule has 0 atom stereocenters. The van der Waals surface area contributed by atoms with Gasteiger partial charge in [-0.05, 0) is 49.6 Å². The molecule has 0 heterocycles. The molecule has 1 saturated carbocycles. The van der Waals surface area contributed by atoms with Crippen LogP contribution in [-0.2, 0) is 0 Å². The van der Waals surface area contributed by atoms with E-state index in [9.17, 15) is 9.59 Å². The fourth-order valence-corrected chi connectivity index (χ4v) is 2.98. The van der Waals surface area contributed by atoms with Gasteiger partial charge in [0.1, 0.15) is 0 Å². The van der Waals surface area contributed by atoms with Crippen LogP contribution >= 0.6 is 11.6 Å². The summed E-state index contributed by atoms with van der Waals surface area (Å²) >= 11 is 6.12. The number of para-hydroxylation sites is 1. The number of benzene rings is 2. The van der Waals surface area contributed by atoms with Gasteiger partial charge in [-0.15, -0.1) is 0 Å². The van der Waals surface area contributed by atoms with E-state index in [0.717, 1.165) is 31.5 Å². The van der Waals surface area contributed by atoms with Crippen molar-refractivity contribution in [3.8, 4) is 0 Å². The lowest BCUT2D eigenvalue weighted by Gasteiger charge is -2.19. The molecular formula is C21H25ClN4O2. The van der Waals surface area contributed by atoms with Gasteiger partial charge in [-0.25, -0.2) is 4.79 Å². The number of hydrogen-bond donors (Lipinski definition) is 3. The number of amides is 3. The molecule has 0 saturated heterocycles. The molecule has 148 valence electrons.